The molecule has 2 aromatic carbocycles. The van der Waals surface area contributed by atoms with E-state index in [1.165, 1.54) is 0 Å². The number of nitrogens with zero attached hydrogens (tertiary/aromatic N) is 2. The van der Waals surface area contributed by atoms with Crippen LogP contribution in [0.3, 0.4) is 0 Å². The number of carbonyl (C=O) groups is 2. The predicted molar refractivity (Wildman–Crippen MR) is 120 cm³/mol. The van der Waals surface area contributed by atoms with E-state index < -0.39 is 17.9 Å². The summed E-state index contributed by atoms with van der Waals surface area (Å²) in [6, 6.07) is 19.1. The summed E-state index contributed by atoms with van der Waals surface area (Å²) in [5, 5.41) is 3.00. The molecule has 0 spiro atoms. The summed E-state index contributed by atoms with van der Waals surface area (Å²) in [6.07, 6.45) is 0.656. The minimum atomic E-state index is -1.07. The molecular formula is C24H31N4O3. The van der Waals surface area contributed by atoms with Gasteiger partial charge in [-0.15, -0.1) is 0 Å². The van der Waals surface area contributed by atoms with E-state index >= 15 is 0 Å². The molecule has 1 heterocycles. The first kappa shape index (κ1) is 22.9. The minimum absolute atomic E-state index is 0.410. The molecule has 1 radical (unpaired) electrons. The maximum atomic E-state index is 13.1. The fourth-order valence-electron chi connectivity index (χ4n) is 3.74. The quantitative estimate of drug-likeness (QED) is 0.564. The van der Waals surface area contributed by atoms with E-state index in [4.69, 9.17) is 10.5 Å². The number of rotatable bonds is 10. The number of hydrogen-bond donors (Lipinski definition) is 2. The van der Waals surface area contributed by atoms with Crippen molar-refractivity contribution in [2.45, 2.75) is 19.0 Å². The van der Waals surface area contributed by atoms with Crippen LogP contribution in [0.1, 0.15) is 17.5 Å². The van der Waals surface area contributed by atoms with Crippen molar-refractivity contribution in [2.75, 3.05) is 39.9 Å². The lowest BCUT2D eigenvalue weighted by atomic mass is 10.0. The molecule has 7 nitrogen and oxygen atoms in total. The molecule has 0 bridgehead atoms. The second kappa shape index (κ2) is 11.6. The molecule has 7 heteroatoms. The first-order chi connectivity index (χ1) is 15.0. The van der Waals surface area contributed by atoms with Gasteiger partial charge in [-0.2, -0.15) is 0 Å². The van der Waals surface area contributed by atoms with E-state index in [0.29, 0.717) is 13.0 Å². The van der Waals surface area contributed by atoms with Gasteiger partial charge in [-0.1, -0.05) is 60.7 Å². The Morgan fingerprint density at radius 1 is 1.06 bits per heavy atom. The highest BCUT2D eigenvalue weighted by Crippen LogP contribution is 2.18. The zero-order chi connectivity index (χ0) is 22.1. The zero-order valence-corrected chi connectivity index (χ0v) is 18.0. The highest BCUT2D eigenvalue weighted by molar-refractivity contribution is 6.04. The number of hydrogen-bond acceptors (Lipinski definition) is 5. The number of likely N-dealkylation sites (N-methyl/N-ethyl adjacent to an activating group) is 1. The largest absolute Gasteiger partial charge is 0.379 e. The number of benzene rings is 2. The summed E-state index contributed by atoms with van der Waals surface area (Å²) >= 11 is 0. The molecule has 0 aliphatic carbocycles. The molecule has 1 atom stereocenters. The SMILES string of the molecule is CN(Cc1ccccc1)[C@@H](C(N)=O)C(=O)N[C](CCN1CCOCC1)c1ccccc1. The Hall–Kier alpha value is -2.74. The van der Waals surface area contributed by atoms with E-state index in [-0.39, 0.29) is 0 Å². The van der Waals surface area contributed by atoms with Crippen molar-refractivity contribution in [1.82, 2.24) is 15.1 Å². The predicted octanol–water partition coefficient (Wildman–Crippen LogP) is 1.39. The summed E-state index contributed by atoms with van der Waals surface area (Å²) in [6.45, 7) is 4.44. The molecule has 2 aromatic rings. The number of nitrogens with two attached hydrogens (primary N) is 1. The highest BCUT2D eigenvalue weighted by atomic mass is 16.5. The van der Waals surface area contributed by atoms with Crippen LogP contribution in [0.25, 0.3) is 0 Å². The molecule has 1 fully saturated rings. The molecule has 165 valence electrons. The van der Waals surface area contributed by atoms with E-state index in [2.05, 4.69) is 10.2 Å². The Labute approximate surface area is 184 Å². The monoisotopic (exact) mass is 423 g/mol. The van der Waals surface area contributed by atoms with Crippen LogP contribution in [0.15, 0.2) is 60.7 Å². The number of primary amides is 1. The molecule has 0 saturated carbocycles. The Morgan fingerprint density at radius 2 is 1.68 bits per heavy atom. The third-order valence-electron chi connectivity index (χ3n) is 5.41. The van der Waals surface area contributed by atoms with Crippen LogP contribution >= 0.6 is 0 Å². The molecule has 3 N–H and O–H groups in total. The van der Waals surface area contributed by atoms with Crippen LogP contribution in [0.5, 0.6) is 0 Å². The first-order valence-corrected chi connectivity index (χ1v) is 10.6. The fourth-order valence-corrected chi connectivity index (χ4v) is 3.74. The summed E-state index contributed by atoms with van der Waals surface area (Å²) in [5.74, 6) is -1.08. The smallest absolute Gasteiger partial charge is 0.247 e. The average molecular weight is 424 g/mol. The zero-order valence-electron chi connectivity index (χ0n) is 18.0. The van der Waals surface area contributed by atoms with Gasteiger partial charge in [0.15, 0.2) is 6.04 Å². The number of carbonyl (C=O) groups excluding carboxylic acids is 2. The van der Waals surface area contributed by atoms with Crippen molar-refractivity contribution < 1.29 is 14.3 Å². The number of amides is 2. The third kappa shape index (κ3) is 6.89. The lowest BCUT2D eigenvalue weighted by molar-refractivity contribution is -0.134. The molecule has 0 unspecified atom stereocenters. The van der Waals surface area contributed by atoms with Gasteiger partial charge in [0.05, 0.1) is 19.3 Å². The van der Waals surface area contributed by atoms with Crippen molar-refractivity contribution in [3.05, 3.63) is 77.8 Å². The molecule has 2 amide bonds. The molecule has 1 aliphatic heterocycles. The van der Waals surface area contributed by atoms with Crippen molar-refractivity contribution in [1.29, 1.82) is 0 Å². The van der Waals surface area contributed by atoms with E-state index in [9.17, 15) is 9.59 Å². The number of ether oxygens (including phenoxy) is 1. The van der Waals surface area contributed by atoms with Crippen molar-refractivity contribution >= 4 is 11.8 Å². The van der Waals surface area contributed by atoms with Gasteiger partial charge >= 0.3 is 0 Å². The van der Waals surface area contributed by atoms with Crippen LogP contribution in [0.4, 0.5) is 0 Å². The van der Waals surface area contributed by atoms with Crippen LogP contribution < -0.4 is 11.1 Å². The lowest BCUT2D eigenvalue weighted by Gasteiger charge is -2.30. The Bertz CT molecular complexity index is 825. The fraction of sp³-hybridized carbons (Fsp3) is 0.375. The Morgan fingerprint density at radius 3 is 2.29 bits per heavy atom. The van der Waals surface area contributed by atoms with Crippen LogP contribution in [0, 0.1) is 6.04 Å². The Balaban J connectivity index is 1.69. The Kier molecular flexibility index (Phi) is 8.58. The second-order valence-corrected chi connectivity index (χ2v) is 7.74. The van der Waals surface area contributed by atoms with Crippen LogP contribution in [-0.4, -0.2) is 67.6 Å². The third-order valence-corrected chi connectivity index (χ3v) is 5.41. The summed E-state index contributed by atoms with van der Waals surface area (Å²) in [4.78, 5) is 29.3. The standard InChI is InChI=1S/C24H31N4O3/c1-27(18-19-8-4-2-5-9-19)22(23(25)29)24(30)26-21(20-10-6-3-7-11-20)12-13-28-14-16-31-17-15-28/h2-11,22H,12-18H2,1H3,(H2,25,29)(H,26,30)/t22-/m0/s1. The lowest BCUT2D eigenvalue weighted by Crippen LogP contribution is -2.53. The molecule has 1 saturated heterocycles. The second-order valence-electron chi connectivity index (χ2n) is 7.74. The summed E-state index contributed by atoms with van der Waals surface area (Å²) < 4.78 is 5.41. The summed E-state index contributed by atoms with van der Waals surface area (Å²) in [5.41, 5.74) is 7.56. The van der Waals surface area contributed by atoms with E-state index in [0.717, 1.165) is 50.0 Å². The normalized spacial score (nSPS) is 15.7. The molecule has 31 heavy (non-hydrogen) atoms. The van der Waals surface area contributed by atoms with E-state index in [1.807, 2.05) is 60.7 Å². The van der Waals surface area contributed by atoms with Gasteiger partial charge < -0.3 is 15.8 Å². The molecular weight excluding hydrogens is 392 g/mol. The van der Waals surface area contributed by atoms with Crippen LogP contribution in [0.2, 0.25) is 0 Å². The van der Waals surface area contributed by atoms with Gasteiger partial charge in [0.2, 0.25) is 11.8 Å². The molecule has 0 aromatic heterocycles. The first-order valence-electron chi connectivity index (χ1n) is 10.6. The highest BCUT2D eigenvalue weighted by Gasteiger charge is 2.31. The van der Waals surface area contributed by atoms with Crippen molar-refractivity contribution in [3.63, 3.8) is 0 Å². The number of morpholine rings is 1. The molecule has 3 rings (SSSR count). The van der Waals surface area contributed by atoms with Gasteiger partial charge in [0, 0.05) is 26.2 Å². The van der Waals surface area contributed by atoms with Gasteiger partial charge in [0.25, 0.3) is 0 Å². The van der Waals surface area contributed by atoms with Gasteiger partial charge in [-0.3, -0.25) is 19.4 Å². The van der Waals surface area contributed by atoms with Gasteiger partial charge in [-0.05, 0) is 24.6 Å². The van der Waals surface area contributed by atoms with Crippen LogP contribution in [-0.2, 0) is 20.9 Å². The van der Waals surface area contributed by atoms with E-state index in [1.54, 1.807) is 11.9 Å². The maximum Gasteiger partial charge on any atom is 0.247 e. The van der Waals surface area contributed by atoms with Crippen molar-refractivity contribution in [2.24, 2.45) is 5.73 Å². The van der Waals surface area contributed by atoms with Gasteiger partial charge in [-0.25, -0.2) is 0 Å². The molecule has 1 aliphatic rings. The maximum absolute atomic E-state index is 13.1. The number of nitrogens with one attached hydrogen (secondary N) is 1. The van der Waals surface area contributed by atoms with Gasteiger partial charge in [0.1, 0.15) is 0 Å². The minimum Gasteiger partial charge on any atom is -0.379 e. The topological polar surface area (TPSA) is 87.9 Å². The summed E-state index contributed by atoms with van der Waals surface area (Å²) in [7, 11) is 1.73. The average Bonchev–Trinajstić information content (AvgIpc) is 2.78. The van der Waals surface area contributed by atoms with Crippen molar-refractivity contribution in [3.8, 4) is 0 Å².